The lowest BCUT2D eigenvalue weighted by atomic mass is 10.2. The maximum atomic E-state index is 13.4. The Balaban J connectivity index is 2.48. The van der Waals surface area contributed by atoms with Gasteiger partial charge in [0.25, 0.3) is 0 Å². The van der Waals surface area contributed by atoms with Gasteiger partial charge in [0, 0.05) is 11.9 Å². The van der Waals surface area contributed by atoms with Crippen LogP contribution in [0.5, 0.6) is 0 Å². The molecule has 0 amide bonds. The molecule has 0 fully saturated rings. The molecule has 84 valence electrons. The Bertz CT molecular complexity index is 512. The summed E-state index contributed by atoms with van der Waals surface area (Å²) in [4.78, 5) is 4.05. The highest BCUT2D eigenvalue weighted by Crippen LogP contribution is 2.21. The molecule has 2 rings (SSSR count). The van der Waals surface area contributed by atoms with E-state index < -0.39 is 11.6 Å². The van der Waals surface area contributed by atoms with Crippen molar-refractivity contribution in [1.82, 2.24) is 4.98 Å². The minimum absolute atomic E-state index is 0.0705. The lowest BCUT2D eigenvalue weighted by molar-refractivity contribution is 0.615. The van der Waals surface area contributed by atoms with Gasteiger partial charge in [-0.25, -0.2) is 13.8 Å². The number of pyridine rings is 1. The van der Waals surface area contributed by atoms with E-state index in [0.717, 1.165) is 25.1 Å². The average Bonchev–Trinajstić information content (AvgIpc) is 2.31. The second-order valence-electron chi connectivity index (χ2n) is 3.55. The van der Waals surface area contributed by atoms with Gasteiger partial charge in [0.2, 0.25) is 0 Å². The van der Waals surface area contributed by atoms with Gasteiger partial charge in [-0.15, -0.1) is 0 Å². The highest BCUT2D eigenvalue weighted by atomic mass is 19.1. The summed E-state index contributed by atoms with van der Waals surface area (Å²) in [6, 6.07) is 5.39. The monoisotopic (exact) mass is 222 g/mol. The van der Waals surface area contributed by atoms with E-state index in [0.29, 0.717) is 5.82 Å². The smallest absolute Gasteiger partial charge is 0.149 e. The maximum Gasteiger partial charge on any atom is 0.149 e. The van der Waals surface area contributed by atoms with Gasteiger partial charge >= 0.3 is 0 Å². The quantitative estimate of drug-likeness (QED) is 0.861. The van der Waals surface area contributed by atoms with E-state index in [1.165, 1.54) is 0 Å². The van der Waals surface area contributed by atoms with Gasteiger partial charge in [0.1, 0.15) is 23.0 Å². The van der Waals surface area contributed by atoms with E-state index in [2.05, 4.69) is 10.3 Å². The molecule has 0 spiro atoms. The molecule has 1 N–H and O–H groups in total. The Morgan fingerprint density at radius 1 is 1.12 bits per heavy atom. The molecule has 0 aliphatic heterocycles. The van der Waals surface area contributed by atoms with Crippen LogP contribution >= 0.6 is 0 Å². The van der Waals surface area contributed by atoms with Crippen molar-refractivity contribution in [3.05, 3.63) is 35.9 Å². The fraction of sp³-hybridized carbons (Fsp3) is 0.250. The largest absolute Gasteiger partial charge is 0.370 e. The summed E-state index contributed by atoms with van der Waals surface area (Å²) < 4.78 is 26.7. The van der Waals surface area contributed by atoms with Crippen LogP contribution in [0, 0.1) is 11.6 Å². The van der Waals surface area contributed by atoms with Gasteiger partial charge in [-0.2, -0.15) is 0 Å². The number of halogens is 2. The number of hydrogen-bond acceptors (Lipinski definition) is 2. The van der Waals surface area contributed by atoms with Crippen LogP contribution in [0.2, 0.25) is 0 Å². The third kappa shape index (κ3) is 1.96. The van der Waals surface area contributed by atoms with Crippen molar-refractivity contribution in [3.63, 3.8) is 0 Å². The molecule has 0 unspecified atom stereocenters. The number of anilines is 1. The van der Waals surface area contributed by atoms with Gasteiger partial charge in [-0.1, -0.05) is 6.92 Å². The molecule has 2 nitrogen and oxygen atoms in total. The third-order valence-corrected chi connectivity index (χ3v) is 2.31. The molecule has 1 heterocycles. The summed E-state index contributed by atoms with van der Waals surface area (Å²) in [5.74, 6) is -0.388. The van der Waals surface area contributed by atoms with Crippen LogP contribution in [0.1, 0.15) is 13.3 Å². The molecule has 16 heavy (non-hydrogen) atoms. The van der Waals surface area contributed by atoms with Crippen molar-refractivity contribution in [1.29, 1.82) is 0 Å². The number of nitrogens with zero attached hydrogens (tertiary/aromatic N) is 1. The molecule has 0 aliphatic rings. The Kier molecular flexibility index (Phi) is 2.99. The summed E-state index contributed by atoms with van der Waals surface area (Å²) in [7, 11) is 0. The predicted molar refractivity (Wildman–Crippen MR) is 60.4 cm³/mol. The fourth-order valence-electron chi connectivity index (χ4n) is 1.50. The number of benzene rings is 1. The Hall–Kier alpha value is -1.71. The highest BCUT2D eigenvalue weighted by molar-refractivity contribution is 5.81. The normalized spacial score (nSPS) is 10.7. The van der Waals surface area contributed by atoms with E-state index in [1.54, 1.807) is 12.1 Å². The Labute approximate surface area is 92.3 Å². The molecule has 4 heteroatoms. The third-order valence-electron chi connectivity index (χ3n) is 2.31. The SMILES string of the molecule is CCCNc1ccc2c(F)ccc(F)c2n1. The first-order chi connectivity index (χ1) is 7.72. The van der Waals surface area contributed by atoms with Crippen LogP contribution < -0.4 is 5.32 Å². The standard InChI is InChI=1S/C12H12F2N2/c1-2-7-15-11-6-3-8-9(13)4-5-10(14)12(8)16-11/h3-6H,2,7H2,1H3,(H,15,16). The van der Waals surface area contributed by atoms with Crippen LogP contribution in [-0.4, -0.2) is 11.5 Å². The lowest BCUT2D eigenvalue weighted by Crippen LogP contribution is -2.02. The second-order valence-corrected chi connectivity index (χ2v) is 3.55. The maximum absolute atomic E-state index is 13.4. The van der Waals surface area contributed by atoms with Gasteiger partial charge in [-0.05, 0) is 30.7 Å². The van der Waals surface area contributed by atoms with Gasteiger partial charge in [0.15, 0.2) is 0 Å². The highest BCUT2D eigenvalue weighted by Gasteiger charge is 2.07. The minimum atomic E-state index is -0.503. The molecule has 0 aliphatic carbocycles. The van der Waals surface area contributed by atoms with Crippen molar-refractivity contribution >= 4 is 16.7 Å². The lowest BCUT2D eigenvalue weighted by Gasteiger charge is -2.06. The van der Waals surface area contributed by atoms with Crippen LogP contribution in [0.4, 0.5) is 14.6 Å². The summed E-state index contributed by atoms with van der Waals surface area (Å²) >= 11 is 0. The second kappa shape index (κ2) is 4.43. The summed E-state index contributed by atoms with van der Waals surface area (Å²) in [5.41, 5.74) is 0.0705. The molecule has 0 saturated heterocycles. The first-order valence-corrected chi connectivity index (χ1v) is 5.21. The number of nitrogens with one attached hydrogen (secondary N) is 1. The minimum Gasteiger partial charge on any atom is -0.370 e. The van der Waals surface area contributed by atoms with E-state index in [4.69, 9.17) is 0 Å². The van der Waals surface area contributed by atoms with Crippen molar-refractivity contribution in [3.8, 4) is 0 Å². The molecule has 0 bridgehead atoms. The molecule has 0 radical (unpaired) electrons. The average molecular weight is 222 g/mol. The van der Waals surface area contributed by atoms with Gasteiger partial charge < -0.3 is 5.32 Å². The topological polar surface area (TPSA) is 24.9 Å². The Morgan fingerprint density at radius 2 is 1.88 bits per heavy atom. The summed E-state index contributed by atoms with van der Waals surface area (Å²) in [6.07, 6.45) is 0.950. The number of fused-ring (bicyclic) bond motifs is 1. The summed E-state index contributed by atoms with van der Waals surface area (Å²) in [6.45, 7) is 2.78. The van der Waals surface area contributed by atoms with Crippen LogP contribution in [0.15, 0.2) is 24.3 Å². The zero-order valence-electron chi connectivity index (χ0n) is 8.93. The van der Waals surface area contributed by atoms with E-state index in [1.807, 2.05) is 6.92 Å². The van der Waals surface area contributed by atoms with E-state index >= 15 is 0 Å². The van der Waals surface area contributed by atoms with E-state index in [-0.39, 0.29) is 10.9 Å². The van der Waals surface area contributed by atoms with E-state index in [9.17, 15) is 8.78 Å². The molecule has 1 aromatic heterocycles. The zero-order valence-corrected chi connectivity index (χ0v) is 8.93. The molecular formula is C12H12F2N2. The molecule has 1 aromatic carbocycles. The molecular weight excluding hydrogens is 210 g/mol. The number of hydrogen-bond donors (Lipinski definition) is 1. The van der Waals surface area contributed by atoms with Crippen LogP contribution in [-0.2, 0) is 0 Å². The van der Waals surface area contributed by atoms with Crippen LogP contribution in [0.25, 0.3) is 10.9 Å². The molecule has 0 saturated carbocycles. The van der Waals surface area contributed by atoms with Gasteiger partial charge in [0.05, 0.1) is 0 Å². The predicted octanol–water partition coefficient (Wildman–Crippen LogP) is 3.33. The summed E-state index contributed by atoms with van der Waals surface area (Å²) in [5, 5.41) is 3.24. The number of aromatic nitrogens is 1. The van der Waals surface area contributed by atoms with Gasteiger partial charge in [-0.3, -0.25) is 0 Å². The first-order valence-electron chi connectivity index (χ1n) is 5.21. The van der Waals surface area contributed by atoms with Crippen molar-refractivity contribution < 1.29 is 8.78 Å². The van der Waals surface area contributed by atoms with Crippen molar-refractivity contribution in [2.45, 2.75) is 13.3 Å². The Morgan fingerprint density at radius 3 is 2.62 bits per heavy atom. The van der Waals surface area contributed by atoms with Crippen molar-refractivity contribution in [2.75, 3.05) is 11.9 Å². The van der Waals surface area contributed by atoms with Crippen LogP contribution in [0.3, 0.4) is 0 Å². The number of rotatable bonds is 3. The zero-order chi connectivity index (χ0) is 11.5. The van der Waals surface area contributed by atoms with Crippen molar-refractivity contribution in [2.24, 2.45) is 0 Å². The fourth-order valence-corrected chi connectivity index (χ4v) is 1.50. The first kappa shape index (κ1) is 10.8. The molecule has 0 atom stereocenters. The molecule has 2 aromatic rings.